The largest absolute Gasteiger partial charge is 0.238 e. The number of hydrogen-bond donors (Lipinski definition) is 1. The maximum absolute atomic E-state index is 13.4. The number of aromatic nitrogens is 3. The molecule has 0 amide bonds. The highest BCUT2D eigenvalue weighted by Gasteiger charge is 2.60. The van der Waals surface area contributed by atoms with Crippen molar-refractivity contribution in [3.63, 3.8) is 0 Å². The molecule has 4 rings (SSSR count). The Morgan fingerprint density at radius 3 is 2.44 bits per heavy atom. The minimum absolute atomic E-state index is 0.0497. The predicted molar refractivity (Wildman–Crippen MR) is 98.4 cm³/mol. The van der Waals surface area contributed by atoms with Crippen LogP contribution in [-0.4, -0.2) is 23.4 Å². The first-order valence-corrected chi connectivity index (χ1v) is 10.0. The van der Waals surface area contributed by atoms with Crippen molar-refractivity contribution in [2.24, 2.45) is 10.6 Å². The molecule has 0 aliphatic heterocycles. The second-order valence-corrected chi connectivity index (χ2v) is 9.02. The van der Waals surface area contributed by atoms with Gasteiger partial charge in [0.05, 0.1) is 22.5 Å². The van der Waals surface area contributed by atoms with Gasteiger partial charge in [-0.05, 0) is 47.2 Å². The molecule has 2 aromatic carbocycles. The minimum Gasteiger partial charge on any atom is -0.225 e. The van der Waals surface area contributed by atoms with Crippen LogP contribution in [-0.2, 0) is 10.0 Å². The Labute approximate surface area is 156 Å². The number of rotatable bonds is 4. The smallest absolute Gasteiger partial charge is 0.225 e. The van der Waals surface area contributed by atoms with E-state index in [1.807, 2.05) is 6.20 Å². The third-order valence-corrected chi connectivity index (χ3v) is 6.23. The van der Waals surface area contributed by atoms with Crippen molar-refractivity contribution >= 4 is 10.0 Å². The molecule has 1 heterocycles. The van der Waals surface area contributed by atoms with Crippen LogP contribution in [0.15, 0.2) is 59.6 Å². The van der Waals surface area contributed by atoms with Gasteiger partial charge in [0, 0.05) is 5.92 Å². The van der Waals surface area contributed by atoms with E-state index in [1.165, 1.54) is 24.3 Å². The molecule has 1 aliphatic carbocycles. The number of halogens is 1. The highest BCUT2D eigenvalue weighted by Crippen LogP contribution is 2.69. The minimum atomic E-state index is -3.71. The lowest BCUT2D eigenvalue weighted by molar-refractivity contribution is 0.596. The lowest BCUT2D eigenvalue weighted by atomic mass is 10.0. The fraction of sp³-hybridized carbons (Fsp3) is 0.263. The molecule has 2 N–H and O–H groups in total. The molecule has 1 fully saturated rings. The Hall–Kier alpha value is -2.58. The van der Waals surface area contributed by atoms with E-state index < -0.39 is 10.0 Å². The van der Waals surface area contributed by atoms with E-state index >= 15 is 0 Å². The number of nitrogens with two attached hydrogens (primary N) is 1. The average Bonchev–Trinajstić information content (AvgIpc) is 2.94. The summed E-state index contributed by atoms with van der Waals surface area (Å²) in [5.41, 5.74) is 2.41. The van der Waals surface area contributed by atoms with Gasteiger partial charge in [-0.15, -0.1) is 5.10 Å². The van der Waals surface area contributed by atoms with E-state index in [0.717, 1.165) is 11.3 Å². The van der Waals surface area contributed by atoms with Crippen molar-refractivity contribution in [1.82, 2.24) is 15.0 Å². The van der Waals surface area contributed by atoms with Crippen LogP contribution in [0, 0.1) is 11.2 Å². The summed E-state index contributed by atoms with van der Waals surface area (Å²) in [6, 6.07) is 12.8. The Morgan fingerprint density at radius 2 is 1.81 bits per heavy atom. The van der Waals surface area contributed by atoms with Gasteiger partial charge < -0.3 is 0 Å². The molecule has 140 valence electrons. The summed E-state index contributed by atoms with van der Waals surface area (Å²) in [6.07, 6.45) is 1.82. The summed E-state index contributed by atoms with van der Waals surface area (Å²) in [7, 11) is -3.71. The van der Waals surface area contributed by atoms with E-state index in [4.69, 9.17) is 5.14 Å². The Morgan fingerprint density at radius 1 is 1.11 bits per heavy atom. The van der Waals surface area contributed by atoms with Gasteiger partial charge >= 0.3 is 0 Å². The molecule has 0 spiro atoms. The third-order valence-electron chi connectivity index (χ3n) is 5.30. The van der Waals surface area contributed by atoms with Crippen molar-refractivity contribution in [2.45, 2.75) is 30.6 Å². The van der Waals surface area contributed by atoms with Crippen molar-refractivity contribution in [3.8, 4) is 5.69 Å². The van der Waals surface area contributed by atoms with Gasteiger partial charge in [-0.3, -0.25) is 0 Å². The van der Waals surface area contributed by atoms with E-state index in [-0.39, 0.29) is 28.0 Å². The summed E-state index contributed by atoms with van der Waals surface area (Å²) in [5, 5.41) is 13.6. The molecular formula is C19H19FN4O2S. The zero-order valence-electron chi connectivity index (χ0n) is 14.9. The fourth-order valence-corrected chi connectivity index (χ4v) is 4.36. The van der Waals surface area contributed by atoms with E-state index in [0.29, 0.717) is 5.69 Å². The molecule has 1 aromatic heterocycles. The van der Waals surface area contributed by atoms with Crippen LogP contribution in [0.2, 0.25) is 0 Å². The molecule has 1 aliphatic rings. The highest BCUT2D eigenvalue weighted by atomic mass is 32.2. The van der Waals surface area contributed by atoms with Crippen LogP contribution < -0.4 is 5.14 Å². The Kier molecular flexibility index (Phi) is 3.94. The maximum Gasteiger partial charge on any atom is 0.238 e. The third kappa shape index (κ3) is 3.15. The topological polar surface area (TPSA) is 90.9 Å². The summed E-state index contributed by atoms with van der Waals surface area (Å²) >= 11 is 0. The zero-order valence-corrected chi connectivity index (χ0v) is 15.7. The van der Waals surface area contributed by atoms with Gasteiger partial charge in [0.1, 0.15) is 5.82 Å². The standard InChI is InChI=1S/C19H19FN4O2S/c1-19(2)17(12-6-8-15(9-7-12)27(21,25)26)18(19)16-11-24(23-22-16)14-5-3-4-13(20)10-14/h3-11,17-18H,1-2H3,(H2,21,25,26)/t17-,18-/m0/s1. The summed E-state index contributed by atoms with van der Waals surface area (Å²) in [6.45, 7) is 4.27. The van der Waals surface area contributed by atoms with E-state index in [9.17, 15) is 12.8 Å². The molecule has 27 heavy (non-hydrogen) atoms. The quantitative estimate of drug-likeness (QED) is 0.746. The summed E-state index contributed by atoms with van der Waals surface area (Å²) < 4.78 is 37.9. The van der Waals surface area contributed by atoms with Gasteiger partial charge in [-0.2, -0.15) is 0 Å². The van der Waals surface area contributed by atoms with Gasteiger partial charge in [-0.25, -0.2) is 22.6 Å². The molecule has 0 unspecified atom stereocenters. The number of primary sulfonamides is 1. The number of nitrogens with zero attached hydrogens (tertiary/aromatic N) is 3. The Balaban J connectivity index is 1.62. The molecule has 8 heteroatoms. The predicted octanol–water partition coefficient (Wildman–Crippen LogP) is 2.96. The second kappa shape index (κ2) is 5.97. The van der Waals surface area contributed by atoms with Crippen LogP contribution in [0.3, 0.4) is 0 Å². The SMILES string of the molecule is CC1(C)[C@@H](c2ccc(S(N)(=O)=O)cc2)[C@@H]1c1cn(-c2cccc(F)c2)nn1. The van der Waals surface area contributed by atoms with Gasteiger partial charge in [0.15, 0.2) is 0 Å². The molecule has 0 saturated heterocycles. The van der Waals surface area contributed by atoms with Crippen LogP contribution in [0.25, 0.3) is 5.69 Å². The Bertz CT molecular complexity index is 1110. The fourth-order valence-electron chi connectivity index (χ4n) is 3.84. The van der Waals surface area contributed by atoms with Crippen molar-refractivity contribution in [1.29, 1.82) is 0 Å². The molecule has 1 saturated carbocycles. The number of benzene rings is 2. The monoisotopic (exact) mass is 386 g/mol. The van der Waals surface area contributed by atoms with Crippen LogP contribution >= 0.6 is 0 Å². The number of hydrogen-bond acceptors (Lipinski definition) is 4. The first-order chi connectivity index (χ1) is 12.7. The molecular weight excluding hydrogens is 367 g/mol. The molecule has 3 aromatic rings. The molecule has 6 nitrogen and oxygen atoms in total. The lowest BCUT2D eigenvalue weighted by Gasteiger charge is -2.04. The lowest BCUT2D eigenvalue weighted by Crippen LogP contribution is -2.11. The average molecular weight is 386 g/mol. The molecule has 2 atom stereocenters. The second-order valence-electron chi connectivity index (χ2n) is 7.46. The van der Waals surface area contributed by atoms with Gasteiger partial charge in [0.2, 0.25) is 10.0 Å². The first kappa shape index (κ1) is 17.8. The van der Waals surface area contributed by atoms with Crippen molar-refractivity contribution in [3.05, 3.63) is 71.8 Å². The number of sulfonamides is 1. The van der Waals surface area contributed by atoms with Gasteiger partial charge in [-0.1, -0.05) is 37.3 Å². The zero-order chi connectivity index (χ0) is 19.4. The highest BCUT2D eigenvalue weighted by molar-refractivity contribution is 7.89. The van der Waals surface area contributed by atoms with Crippen molar-refractivity contribution < 1.29 is 12.8 Å². The maximum atomic E-state index is 13.4. The van der Waals surface area contributed by atoms with Crippen LogP contribution in [0.5, 0.6) is 0 Å². The first-order valence-electron chi connectivity index (χ1n) is 8.49. The normalized spacial score (nSPS) is 21.2. The van der Waals surface area contributed by atoms with Gasteiger partial charge in [0.25, 0.3) is 0 Å². The molecule has 0 radical (unpaired) electrons. The van der Waals surface area contributed by atoms with E-state index in [1.54, 1.807) is 28.9 Å². The van der Waals surface area contributed by atoms with Crippen molar-refractivity contribution in [2.75, 3.05) is 0 Å². The van der Waals surface area contributed by atoms with Crippen LogP contribution in [0.1, 0.15) is 36.9 Å². The van der Waals surface area contributed by atoms with Crippen LogP contribution in [0.4, 0.5) is 4.39 Å². The summed E-state index contributed by atoms with van der Waals surface area (Å²) in [5.74, 6) is -0.00560. The summed E-state index contributed by atoms with van der Waals surface area (Å²) in [4.78, 5) is 0.0957. The molecule has 0 bridgehead atoms. The van der Waals surface area contributed by atoms with E-state index in [2.05, 4.69) is 24.2 Å².